The maximum Gasteiger partial charge on any atom is 0.0998 e. The smallest absolute Gasteiger partial charge is 0.0998 e. The van der Waals surface area contributed by atoms with Crippen molar-refractivity contribution in [3.8, 4) is 6.07 Å². The number of hydrogen-bond donors (Lipinski definition) is 0. The second-order valence-electron chi connectivity index (χ2n) is 6.03. The van der Waals surface area contributed by atoms with Gasteiger partial charge in [-0.3, -0.25) is 0 Å². The molecule has 24 heavy (non-hydrogen) atoms. The van der Waals surface area contributed by atoms with Crippen molar-refractivity contribution in [2.24, 2.45) is 0 Å². The third-order valence-corrected chi connectivity index (χ3v) is 4.91. The normalized spacial score (nSPS) is 14.8. The lowest BCUT2D eigenvalue weighted by Crippen LogP contribution is -2.17. The van der Waals surface area contributed by atoms with Crippen LogP contribution in [0.1, 0.15) is 29.5 Å². The molecule has 0 bridgehead atoms. The molecule has 1 aliphatic heterocycles. The molecule has 1 fully saturated rings. The molecule has 0 spiro atoms. The van der Waals surface area contributed by atoms with E-state index in [1.165, 1.54) is 18.5 Å². The maximum absolute atomic E-state index is 9.53. The third-order valence-electron chi connectivity index (χ3n) is 4.37. The summed E-state index contributed by atoms with van der Waals surface area (Å²) in [6.45, 7) is 4.32. The van der Waals surface area contributed by atoms with Crippen molar-refractivity contribution in [2.75, 3.05) is 18.0 Å². The van der Waals surface area contributed by atoms with E-state index in [2.05, 4.69) is 36.1 Å². The molecule has 122 valence electrons. The summed E-state index contributed by atoms with van der Waals surface area (Å²) >= 11 is 12.2. The Balaban J connectivity index is 1.95. The molecule has 3 rings (SSSR count). The Hall–Kier alpha value is -1.95. The maximum atomic E-state index is 9.53. The zero-order valence-electron chi connectivity index (χ0n) is 13.5. The highest BCUT2D eigenvalue weighted by molar-refractivity contribution is 6.36. The quantitative estimate of drug-likeness (QED) is 0.500. The minimum atomic E-state index is 0.488. The van der Waals surface area contributed by atoms with E-state index < -0.39 is 0 Å². The van der Waals surface area contributed by atoms with Gasteiger partial charge in [-0.15, -0.1) is 0 Å². The second kappa shape index (κ2) is 7.30. The van der Waals surface area contributed by atoms with Gasteiger partial charge >= 0.3 is 0 Å². The summed E-state index contributed by atoms with van der Waals surface area (Å²) in [5.41, 5.74) is 4.67. The van der Waals surface area contributed by atoms with Gasteiger partial charge in [-0.1, -0.05) is 35.3 Å². The van der Waals surface area contributed by atoms with Crippen molar-refractivity contribution in [3.63, 3.8) is 0 Å². The van der Waals surface area contributed by atoms with E-state index in [1.807, 2.05) is 6.08 Å². The Kier molecular flexibility index (Phi) is 5.14. The molecule has 2 aromatic rings. The largest absolute Gasteiger partial charge is 0.372 e. The molecule has 2 nitrogen and oxygen atoms in total. The van der Waals surface area contributed by atoms with Gasteiger partial charge in [0.15, 0.2) is 0 Å². The van der Waals surface area contributed by atoms with Gasteiger partial charge in [0.2, 0.25) is 0 Å². The molecule has 0 atom stereocenters. The fourth-order valence-corrected chi connectivity index (χ4v) is 3.54. The van der Waals surface area contributed by atoms with Gasteiger partial charge in [0.25, 0.3) is 0 Å². The van der Waals surface area contributed by atoms with Crippen molar-refractivity contribution in [3.05, 3.63) is 63.1 Å². The van der Waals surface area contributed by atoms with Crippen molar-refractivity contribution < 1.29 is 0 Å². The molecule has 0 aliphatic carbocycles. The van der Waals surface area contributed by atoms with E-state index in [9.17, 15) is 5.26 Å². The minimum Gasteiger partial charge on any atom is -0.372 e. The topological polar surface area (TPSA) is 27.0 Å². The van der Waals surface area contributed by atoms with E-state index >= 15 is 0 Å². The van der Waals surface area contributed by atoms with Crippen LogP contribution >= 0.6 is 23.2 Å². The molecule has 0 unspecified atom stereocenters. The van der Waals surface area contributed by atoms with Gasteiger partial charge in [-0.2, -0.15) is 5.26 Å². The van der Waals surface area contributed by atoms with E-state index in [1.54, 1.807) is 18.2 Å². The highest BCUT2D eigenvalue weighted by Crippen LogP contribution is 2.30. The Morgan fingerprint density at radius 3 is 2.50 bits per heavy atom. The summed E-state index contributed by atoms with van der Waals surface area (Å²) < 4.78 is 0. The number of nitriles is 1. The first-order valence-corrected chi connectivity index (χ1v) is 8.77. The third kappa shape index (κ3) is 3.59. The summed E-state index contributed by atoms with van der Waals surface area (Å²) in [6, 6.07) is 13.8. The van der Waals surface area contributed by atoms with Gasteiger partial charge in [-0.05, 0) is 61.2 Å². The number of nitrogens with zero attached hydrogens (tertiary/aromatic N) is 2. The van der Waals surface area contributed by atoms with Gasteiger partial charge < -0.3 is 4.90 Å². The van der Waals surface area contributed by atoms with E-state index in [-0.39, 0.29) is 0 Å². The van der Waals surface area contributed by atoms with Crippen LogP contribution in [0.25, 0.3) is 11.6 Å². The molecule has 1 heterocycles. The van der Waals surface area contributed by atoms with Crippen LogP contribution in [0.15, 0.2) is 36.4 Å². The number of benzene rings is 2. The van der Waals surface area contributed by atoms with Crippen LogP contribution in [0, 0.1) is 18.3 Å². The molecule has 2 aromatic carbocycles. The molecule has 1 saturated heterocycles. The highest BCUT2D eigenvalue weighted by atomic mass is 35.5. The van der Waals surface area contributed by atoms with Crippen LogP contribution in [-0.2, 0) is 0 Å². The van der Waals surface area contributed by atoms with E-state index in [0.29, 0.717) is 21.2 Å². The zero-order valence-corrected chi connectivity index (χ0v) is 15.0. The lowest BCUT2D eigenvalue weighted by atomic mass is 10.0. The van der Waals surface area contributed by atoms with Crippen LogP contribution < -0.4 is 4.90 Å². The molecular formula is C20H18Cl2N2. The van der Waals surface area contributed by atoms with Gasteiger partial charge in [0.05, 0.1) is 16.7 Å². The predicted molar refractivity (Wildman–Crippen MR) is 103 cm³/mol. The lowest BCUT2D eigenvalue weighted by molar-refractivity contribution is 0.949. The van der Waals surface area contributed by atoms with Crippen molar-refractivity contribution in [1.82, 2.24) is 0 Å². The van der Waals surface area contributed by atoms with Crippen LogP contribution in [0.4, 0.5) is 5.69 Å². The molecule has 0 saturated carbocycles. The average Bonchev–Trinajstić information content (AvgIpc) is 3.09. The first-order chi connectivity index (χ1) is 11.6. The molecule has 0 amide bonds. The summed E-state index contributed by atoms with van der Waals surface area (Å²) in [4.78, 5) is 2.40. The summed E-state index contributed by atoms with van der Waals surface area (Å²) in [5.74, 6) is 0. The Labute approximate surface area is 152 Å². The van der Waals surface area contributed by atoms with Gasteiger partial charge in [0.1, 0.15) is 0 Å². The number of anilines is 1. The Morgan fingerprint density at radius 1 is 1.12 bits per heavy atom. The van der Waals surface area contributed by atoms with Crippen molar-refractivity contribution in [1.29, 1.82) is 5.26 Å². The number of allylic oxidation sites excluding steroid dienone is 1. The number of halogens is 2. The number of rotatable bonds is 3. The second-order valence-corrected chi connectivity index (χ2v) is 6.87. The molecular weight excluding hydrogens is 339 g/mol. The van der Waals surface area contributed by atoms with Crippen LogP contribution in [0.5, 0.6) is 0 Å². The Bertz CT molecular complexity index is 828. The SMILES string of the molecule is Cc1cc(N2CCCC2)ccc1/C=C(/C#N)c1ccc(Cl)cc1Cl. The molecule has 4 heteroatoms. The monoisotopic (exact) mass is 356 g/mol. The molecule has 1 aliphatic rings. The zero-order chi connectivity index (χ0) is 17.1. The lowest BCUT2D eigenvalue weighted by Gasteiger charge is -2.18. The standard InChI is InChI=1S/C20H18Cl2N2/c1-14-10-18(24-8-2-3-9-24)6-4-15(14)11-16(13-23)19-7-5-17(21)12-20(19)22/h4-7,10-12H,2-3,8-9H2,1H3/b16-11-. The van der Waals surface area contributed by atoms with Gasteiger partial charge in [0, 0.05) is 29.4 Å². The van der Waals surface area contributed by atoms with Crippen LogP contribution in [-0.4, -0.2) is 13.1 Å². The fraction of sp³-hybridized carbons (Fsp3) is 0.250. The first kappa shape index (κ1) is 16.9. The molecule has 0 radical (unpaired) electrons. The summed E-state index contributed by atoms with van der Waals surface area (Å²) in [7, 11) is 0. The molecule has 0 N–H and O–H groups in total. The van der Waals surface area contributed by atoms with Crippen LogP contribution in [0.3, 0.4) is 0 Å². The van der Waals surface area contributed by atoms with Crippen molar-refractivity contribution in [2.45, 2.75) is 19.8 Å². The van der Waals surface area contributed by atoms with Crippen LogP contribution in [0.2, 0.25) is 10.0 Å². The average molecular weight is 357 g/mol. The summed E-state index contributed by atoms with van der Waals surface area (Å²) in [5, 5.41) is 10.6. The molecule has 0 aromatic heterocycles. The van der Waals surface area contributed by atoms with E-state index in [4.69, 9.17) is 23.2 Å². The van der Waals surface area contributed by atoms with Gasteiger partial charge in [-0.25, -0.2) is 0 Å². The summed E-state index contributed by atoms with van der Waals surface area (Å²) in [6.07, 6.45) is 4.40. The first-order valence-electron chi connectivity index (χ1n) is 8.01. The van der Waals surface area contributed by atoms with Crippen molar-refractivity contribution >= 4 is 40.5 Å². The predicted octanol–water partition coefficient (Wildman–Crippen LogP) is 5.97. The minimum absolute atomic E-state index is 0.488. The number of aryl methyl sites for hydroxylation is 1. The number of hydrogen-bond acceptors (Lipinski definition) is 2. The van der Waals surface area contributed by atoms with E-state index in [0.717, 1.165) is 24.2 Å². The highest BCUT2D eigenvalue weighted by Gasteiger charge is 2.13. The fourth-order valence-electron chi connectivity index (χ4n) is 3.03. The Morgan fingerprint density at radius 2 is 1.88 bits per heavy atom.